The number of aromatic nitrogens is 1. The minimum atomic E-state index is -0.914. The molecule has 1 aromatic heterocycles. The van der Waals surface area contributed by atoms with Crippen molar-refractivity contribution in [1.82, 2.24) is 15.2 Å². The van der Waals surface area contributed by atoms with Crippen LogP contribution in [-0.2, 0) is 11.3 Å². The number of amides is 1. The molecule has 40 heavy (non-hydrogen) atoms. The fourth-order valence-electron chi connectivity index (χ4n) is 5.15. The van der Waals surface area contributed by atoms with Crippen molar-refractivity contribution in [3.05, 3.63) is 62.9 Å². The van der Waals surface area contributed by atoms with E-state index in [1.165, 1.54) is 51.3 Å². The number of phenols is 1. The highest BCUT2D eigenvalue weighted by atomic mass is 35.5. The monoisotopic (exact) mass is 572 g/mol. The van der Waals surface area contributed by atoms with Crippen LogP contribution >= 0.6 is 11.6 Å². The zero-order valence-electron chi connectivity index (χ0n) is 22.8. The molecule has 0 spiro atoms. The predicted octanol–water partition coefficient (Wildman–Crippen LogP) is 4.53. The van der Waals surface area contributed by atoms with Crippen LogP contribution in [0.2, 0.25) is 5.02 Å². The van der Waals surface area contributed by atoms with E-state index in [2.05, 4.69) is 27.6 Å². The molecule has 1 aliphatic rings. The summed E-state index contributed by atoms with van der Waals surface area (Å²) in [6, 6.07) is 9.84. The zero-order valence-corrected chi connectivity index (χ0v) is 23.6. The van der Waals surface area contributed by atoms with Crippen LogP contribution in [0.1, 0.15) is 49.3 Å². The van der Waals surface area contributed by atoms with Crippen molar-refractivity contribution in [3.63, 3.8) is 0 Å². The number of H-pyrrole nitrogens is 1. The topological polar surface area (TPSA) is 136 Å². The molecule has 2 aromatic carbocycles. The maximum atomic E-state index is 12.4. The van der Waals surface area contributed by atoms with E-state index in [-0.39, 0.29) is 30.0 Å². The molecule has 0 unspecified atom stereocenters. The Bertz CT molecular complexity index is 1370. The van der Waals surface area contributed by atoms with E-state index in [1.54, 1.807) is 24.3 Å². The number of benzene rings is 2. The van der Waals surface area contributed by atoms with Gasteiger partial charge in [0.1, 0.15) is 18.1 Å². The van der Waals surface area contributed by atoms with E-state index >= 15 is 0 Å². The number of nitrogens with zero attached hydrogens (tertiary/aromatic N) is 1. The van der Waals surface area contributed by atoms with Crippen LogP contribution in [0.3, 0.4) is 0 Å². The van der Waals surface area contributed by atoms with Crippen molar-refractivity contribution in [2.45, 2.75) is 50.8 Å². The highest BCUT2D eigenvalue weighted by Crippen LogP contribution is 2.32. The second-order valence-electron chi connectivity index (χ2n) is 10.1. The molecule has 1 heterocycles. The van der Waals surface area contributed by atoms with Gasteiger partial charge in [0.15, 0.2) is 0 Å². The first-order valence-electron chi connectivity index (χ1n) is 13.5. The molecule has 1 aliphatic carbocycles. The number of aliphatic hydroxyl groups excluding tert-OH is 1. The third kappa shape index (κ3) is 7.45. The Morgan fingerprint density at radius 3 is 2.73 bits per heavy atom. The Hall–Kier alpha value is -3.31. The van der Waals surface area contributed by atoms with Gasteiger partial charge in [0.25, 0.3) is 0 Å². The van der Waals surface area contributed by atoms with Gasteiger partial charge in [-0.05, 0) is 43.7 Å². The van der Waals surface area contributed by atoms with Crippen molar-refractivity contribution < 1.29 is 24.5 Å². The third-order valence-corrected chi connectivity index (χ3v) is 7.71. The Morgan fingerprint density at radius 2 is 1.98 bits per heavy atom. The van der Waals surface area contributed by atoms with Crippen molar-refractivity contribution in [3.8, 4) is 11.5 Å². The first-order chi connectivity index (χ1) is 19.3. The number of aromatic amines is 1. The number of halogens is 1. The van der Waals surface area contributed by atoms with Crippen LogP contribution in [-0.4, -0.2) is 66.1 Å². The van der Waals surface area contributed by atoms with Gasteiger partial charge in [-0.2, -0.15) is 0 Å². The van der Waals surface area contributed by atoms with Gasteiger partial charge in [0.2, 0.25) is 5.56 Å². The molecular weight excluding hydrogens is 536 g/mol. The fourth-order valence-corrected chi connectivity index (χ4v) is 5.39. The summed E-state index contributed by atoms with van der Waals surface area (Å²) in [5.74, 6) is 0.437. The summed E-state index contributed by atoms with van der Waals surface area (Å²) in [5.41, 5.74) is 1.59. The molecule has 10 nitrogen and oxygen atoms in total. The van der Waals surface area contributed by atoms with Crippen molar-refractivity contribution in [2.24, 2.45) is 0 Å². The molecule has 1 atom stereocenters. The Balaban J connectivity index is 1.31. The van der Waals surface area contributed by atoms with Crippen LogP contribution in [0.15, 0.2) is 41.2 Å². The predicted molar refractivity (Wildman–Crippen MR) is 155 cm³/mol. The number of ether oxygens (including phenoxy) is 2. The van der Waals surface area contributed by atoms with Gasteiger partial charge in [-0.25, -0.2) is 4.79 Å². The third-order valence-electron chi connectivity index (χ3n) is 7.40. The zero-order chi connectivity index (χ0) is 28.6. The van der Waals surface area contributed by atoms with Crippen LogP contribution in [0.25, 0.3) is 10.9 Å². The van der Waals surface area contributed by atoms with Gasteiger partial charge in [-0.1, -0.05) is 36.9 Å². The summed E-state index contributed by atoms with van der Waals surface area (Å²) in [4.78, 5) is 28.9. The SMILES string of the molecule is COc1cc(NC(=O)OCCN(C)C2CCCCC2)c(Cl)cc1CNC[C@H](O)c1ccc(O)c2[nH]c(=O)ccc12. The molecule has 216 valence electrons. The molecular formula is C29H37ClN4O6. The minimum absolute atomic E-state index is 0.0691. The number of fused-ring (bicyclic) bond motifs is 1. The molecule has 5 N–H and O–H groups in total. The molecule has 0 aliphatic heterocycles. The Labute approximate surface area is 238 Å². The second-order valence-corrected chi connectivity index (χ2v) is 10.5. The number of nitrogens with one attached hydrogen (secondary N) is 3. The molecule has 4 rings (SSSR count). The number of aromatic hydroxyl groups is 1. The molecule has 1 amide bonds. The van der Waals surface area contributed by atoms with E-state index in [0.717, 1.165) is 5.56 Å². The lowest BCUT2D eigenvalue weighted by atomic mass is 9.94. The Morgan fingerprint density at radius 1 is 1.20 bits per heavy atom. The largest absolute Gasteiger partial charge is 0.506 e. The van der Waals surface area contributed by atoms with E-state index < -0.39 is 12.2 Å². The number of likely N-dealkylation sites (N-methyl/N-ethyl adjacent to an activating group) is 1. The lowest BCUT2D eigenvalue weighted by Gasteiger charge is -2.30. The van der Waals surface area contributed by atoms with E-state index in [9.17, 15) is 19.8 Å². The summed E-state index contributed by atoms with van der Waals surface area (Å²) in [6.07, 6.45) is 4.68. The van der Waals surface area contributed by atoms with Gasteiger partial charge in [-0.3, -0.25) is 10.1 Å². The summed E-state index contributed by atoms with van der Waals surface area (Å²) >= 11 is 6.45. The number of aliphatic hydroxyl groups is 1. The number of pyridine rings is 1. The van der Waals surface area contributed by atoms with Crippen LogP contribution in [0.5, 0.6) is 11.5 Å². The number of hydrogen-bond acceptors (Lipinski definition) is 8. The molecule has 1 saturated carbocycles. The van der Waals surface area contributed by atoms with E-state index in [4.69, 9.17) is 21.1 Å². The standard InChI is InChI=1S/C29H37ClN4O6/c1-34(19-6-4-3-5-7-19)12-13-40-29(38)32-23-15-26(39-2)18(14-22(23)30)16-31-17-25(36)20-8-10-24(35)28-21(20)9-11-27(37)33-28/h8-11,14-15,19,25,31,35-36H,3-7,12-13,16-17H2,1-2H3,(H,32,38)(H,33,37)/t25-/m0/s1. The normalized spacial score (nSPS) is 14.8. The number of anilines is 1. The summed E-state index contributed by atoms with van der Waals surface area (Å²) in [6.45, 7) is 1.46. The minimum Gasteiger partial charge on any atom is -0.506 e. The molecule has 0 saturated heterocycles. The lowest BCUT2D eigenvalue weighted by Crippen LogP contribution is -2.36. The first-order valence-corrected chi connectivity index (χ1v) is 13.9. The number of phenolic OH excluding ortho intramolecular Hbond substituents is 1. The maximum Gasteiger partial charge on any atom is 0.411 e. The number of hydrogen-bond donors (Lipinski definition) is 5. The average Bonchev–Trinajstić information content (AvgIpc) is 2.95. The summed E-state index contributed by atoms with van der Waals surface area (Å²) < 4.78 is 10.9. The fraction of sp³-hybridized carbons (Fsp3) is 0.448. The van der Waals surface area contributed by atoms with Gasteiger partial charge in [0, 0.05) is 48.8 Å². The smallest absolute Gasteiger partial charge is 0.411 e. The van der Waals surface area contributed by atoms with Gasteiger partial charge in [-0.15, -0.1) is 0 Å². The summed E-state index contributed by atoms with van der Waals surface area (Å²) in [7, 11) is 3.59. The van der Waals surface area contributed by atoms with E-state index in [0.29, 0.717) is 46.5 Å². The highest BCUT2D eigenvalue weighted by Gasteiger charge is 2.19. The van der Waals surface area contributed by atoms with Crippen LogP contribution in [0, 0.1) is 0 Å². The van der Waals surface area contributed by atoms with Gasteiger partial charge < -0.3 is 34.9 Å². The number of carbonyl (C=O) groups excluding carboxylic acids is 1. The molecule has 3 aromatic rings. The number of methoxy groups -OCH3 is 1. The molecule has 0 bridgehead atoms. The quantitative estimate of drug-likeness (QED) is 0.226. The summed E-state index contributed by atoms with van der Waals surface area (Å²) in [5, 5.41) is 27.6. The van der Waals surface area contributed by atoms with E-state index in [1.807, 2.05) is 0 Å². The molecule has 1 fully saturated rings. The average molecular weight is 573 g/mol. The van der Waals surface area contributed by atoms with Crippen molar-refractivity contribution in [1.29, 1.82) is 0 Å². The molecule has 0 radical (unpaired) electrons. The maximum absolute atomic E-state index is 12.4. The van der Waals surface area contributed by atoms with Crippen LogP contribution < -0.4 is 20.9 Å². The van der Waals surface area contributed by atoms with Crippen molar-refractivity contribution >= 4 is 34.3 Å². The van der Waals surface area contributed by atoms with Crippen LogP contribution in [0.4, 0.5) is 10.5 Å². The van der Waals surface area contributed by atoms with Gasteiger partial charge in [0.05, 0.1) is 29.4 Å². The Kier molecular flexibility index (Phi) is 10.3. The van der Waals surface area contributed by atoms with Crippen molar-refractivity contribution in [2.75, 3.05) is 39.2 Å². The highest BCUT2D eigenvalue weighted by molar-refractivity contribution is 6.33. The second kappa shape index (κ2) is 13.8. The lowest BCUT2D eigenvalue weighted by molar-refractivity contribution is 0.123. The number of rotatable bonds is 11. The number of carbonyl (C=O) groups is 1. The first kappa shape index (κ1) is 29.7. The van der Waals surface area contributed by atoms with Gasteiger partial charge >= 0.3 is 6.09 Å². The molecule has 11 heteroatoms.